The van der Waals surface area contributed by atoms with Crippen molar-refractivity contribution in [2.24, 2.45) is 5.92 Å². The second kappa shape index (κ2) is 5.15. The molecule has 0 aliphatic heterocycles. The Morgan fingerprint density at radius 2 is 2.00 bits per heavy atom. The highest BCUT2D eigenvalue weighted by Crippen LogP contribution is 2.25. The molecule has 2 nitrogen and oxygen atoms in total. The van der Waals surface area contributed by atoms with Gasteiger partial charge in [-0.05, 0) is 43.4 Å². The summed E-state index contributed by atoms with van der Waals surface area (Å²) in [5.74, 6) is 1.34. The maximum atomic E-state index is 11.2. The largest absolute Gasteiger partial charge is 0.423 e. The molecule has 2 rings (SSSR count). The van der Waals surface area contributed by atoms with Crippen LogP contribution in [0, 0.1) is 12.8 Å². The van der Waals surface area contributed by atoms with Crippen molar-refractivity contribution in [3.8, 4) is 0 Å². The highest BCUT2D eigenvalue weighted by Gasteiger charge is 2.09. The van der Waals surface area contributed by atoms with Gasteiger partial charge >= 0.3 is 5.63 Å². The summed E-state index contributed by atoms with van der Waals surface area (Å²) in [7, 11) is 0. The molecule has 1 fully saturated rings. The second-order valence-electron chi connectivity index (χ2n) is 4.61. The SMILES string of the molecule is Cc1cc(/C=C/C2CCCCC2)oc(=O)c1. The van der Waals surface area contributed by atoms with Crippen molar-refractivity contribution in [3.05, 3.63) is 40.0 Å². The maximum absolute atomic E-state index is 11.2. The average Bonchev–Trinajstić information content (AvgIpc) is 2.27. The van der Waals surface area contributed by atoms with Gasteiger partial charge < -0.3 is 4.42 Å². The van der Waals surface area contributed by atoms with Crippen LogP contribution in [0.15, 0.2) is 27.4 Å². The van der Waals surface area contributed by atoms with E-state index in [9.17, 15) is 4.79 Å². The summed E-state index contributed by atoms with van der Waals surface area (Å²) in [5, 5.41) is 0. The summed E-state index contributed by atoms with van der Waals surface area (Å²) in [6.07, 6.45) is 10.7. The maximum Gasteiger partial charge on any atom is 0.336 e. The van der Waals surface area contributed by atoms with Gasteiger partial charge in [-0.3, -0.25) is 0 Å². The van der Waals surface area contributed by atoms with Crippen LogP contribution in [0.25, 0.3) is 6.08 Å². The van der Waals surface area contributed by atoms with E-state index in [2.05, 4.69) is 6.08 Å². The third-order valence-corrected chi connectivity index (χ3v) is 3.12. The van der Waals surface area contributed by atoms with Crippen molar-refractivity contribution in [2.75, 3.05) is 0 Å². The van der Waals surface area contributed by atoms with Crippen LogP contribution in [0.1, 0.15) is 43.4 Å². The van der Waals surface area contributed by atoms with Crippen LogP contribution < -0.4 is 5.63 Å². The lowest BCUT2D eigenvalue weighted by molar-refractivity contribution is 0.419. The fourth-order valence-corrected chi connectivity index (χ4v) is 2.27. The van der Waals surface area contributed by atoms with Crippen molar-refractivity contribution in [3.63, 3.8) is 0 Å². The van der Waals surface area contributed by atoms with E-state index in [1.54, 1.807) is 0 Å². The van der Waals surface area contributed by atoms with E-state index < -0.39 is 0 Å². The lowest BCUT2D eigenvalue weighted by Gasteiger charge is -2.17. The van der Waals surface area contributed by atoms with Crippen molar-refractivity contribution in [1.29, 1.82) is 0 Å². The fraction of sp³-hybridized carbons (Fsp3) is 0.500. The Balaban J connectivity index is 2.07. The molecule has 0 atom stereocenters. The van der Waals surface area contributed by atoms with Gasteiger partial charge in [0, 0.05) is 6.07 Å². The molecule has 2 heteroatoms. The van der Waals surface area contributed by atoms with Gasteiger partial charge in [0.1, 0.15) is 5.76 Å². The van der Waals surface area contributed by atoms with E-state index in [1.165, 1.54) is 38.2 Å². The van der Waals surface area contributed by atoms with E-state index >= 15 is 0 Å². The molecule has 1 aliphatic rings. The zero-order valence-corrected chi connectivity index (χ0v) is 9.74. The van der Waals surface area contributed by atoms with Crippen LogP contribution in [-0.2, 0) is 0 Å². The molecule has 16 heavy (non-hydrogen) atoms. The van der Waals surface area contributed by atoms with Crippen LogP contribution >= 0.6 is 0 Å². The van der Waals surface area contributed by atoms with E-state index in [0.717, 1.165) is 5.56 Å². The summed E-state index contributed by atoms with van der Waals surface area (Å²) in [4.78, 5) is 11.2. The molecule has 0 aromatic carbocycles. The van der Waals surface area contributed by atoms with Crippen LogP contribution in [0.5, 0.6) is 0 Å². The molecule has 0 saturated heterocycles. The molecule has 0 bridgehead atoms. The van der Waals surface area contributed by atoms with E-state index in [1.807, 2.05) is 19.1 Å². The Morgan fingerprint density at radius 3 is 2.69 bits per heavy atom. The minimum Gasteiger partial charge on any atom is -0.423 e. The molecule has 1 saturated carbocycles. The van der Waals surface area contributed by atoms with Gasteiger partial charge in [0.2, 0.25) is 0 Å². The lowest BCUT2D eigenvalue weighted by atomic mass is 9.89. The molecule has 0 N–H and O–H groups in total. The van der Waals surface area contributed by atoms with Crippen molar-refractivity contribution >= 4 is 6.08 Å². The van der Waals surface area contributed by atoms with Gasteiger partial charge in [0.25, 0.3) is 0 Å². The van der Waals surface area contributed by atoms with Gasteiger partial charge in [-0.1, -0.05) is 25.3 Å². The third-order valence-electron chi connectivity index (χ3n) is 3.12. The summed E-state index contributed by atoms with van der Waals surface area (Å²) >= 11 is 0. The predicted molar refractivity (Wildman–Crippen MR) is 65.3 cm³/mol. The molecule has 0 radical (unpaired) electrons. The van der Waals surface area contributed by atoms with Gasteiger partial charge in [0.05, 0.1) is 0 Å². The zero-order chi connectivity index (χ0) is 11.4. The number of rotatable bonds is 2. The van der Waals surface area contributed by atoms with Crippen molar-refractivity contribution in [2.45, 2.75) is 39.0 Å². The minimum absolute atomic E-state index is 0.261. The summed E-state index contributed by atoms with van der Waals surface area (Å²) < 4.78 is 5.11. The molecule has 86 valence electrons. The molecule has 0 unspecified atom stereocenters. The Morgan fingerprint density at radius 1 is 1.25 bits per heavy atom. The topological polar surface area (TPSA) is 30.2 Å². The van der Waals surface area contributed by atoms with Crippen LogP contribution in [0.4, 0.5) is 0 Å². The highest BCUT2D eigenvalue weighted by molar-refractivity contribution is 5.43. The Kier molecular flexibility index (Phi) is 3.60. The average molecular weight is 218 g/mol. The second-order valence-corrected chi connectivity index (χ2v) is 4.61. The Labute approximate surface area is 96.0 Å². The van der Waals surface area contributed by atoms with Crippen LogP contribution in [0.3, 0.4) is 0 Å². The first-order chi connectivity index (χ1) is 7.74. The molecule has 1 heterocycles. The quantitative estimate of drug-likeness (QED) is 0.760. The van der Waals surface area contributed by atoms with Gasteiger partial charge in [-0.2, -0.15) is 0 Å². The molecule has 0 spiro atoms. The van der Waals surface area contributed by atoms with Crippen molar-refractivity contribution in [1.82, 2.24) is 0 Å². The fourth-order valence-electron chi connectivity index (χ4n) is 2.27. The molecule has 1 aromatic heterocycles. The summed E-state index contributed by atoms with van der Waals surface area (Å²) in [6.45, 7) is 1.91. The monoisotopic (exact) mass is 218 g/mol. The highest BCUT2D eigenvalue weighted by atomic mass is 16.4. The molecule has 1 aliphatic carbocycles. The third kappa shape index (κ3) is 3.09. The van der Waals surface area contributed by atoms with Gasteiger partial charge in [-0.15, -0.1) is 0 Å². The normalized spacial score (nSPS) is 18.1. The standard InChI is InChI=1S/C14H18O2/c1-11-9-13(16-14(15)10-11)8-7-12-5-3-2-4-6-12/h7-10,12H,2-6H2,1H3/b8-7+. The summed E-state index contributed by atoms with van der Waals surface area (Å²) in [6, 6.07) is 3.42. The molecular formula is C14H18O2. The minimum atomic E-state index is -0.261. The predicted octanol–water partition coefficient (Wildman–Crippen LogP) is 3.54. The molecule has 1 aromatic rings. The van der Waals surface area contributed by atoms with Crippen LogP contribution in [0.2, 0.25) is 0 Å². The first-order valence-electron chi connectivity index (χ1n) is 6.04. The number of aryl methyl sites for hydroxylation is 1. The smallest absolute Gasteiger partial charge is 0.336 e. The van der Waals surface area contributed by atoms with E-state index in [0.29, 0.717) is 11.7 Å². The number of hydrogen-bond donors (Lipinski definition) is 0. The summed E-state index contributed by atoms with van der Waals surface area (Å²) in [5.41, 5.74) is 0.697. The van der Waals surface area contributed by atoms with Crippen LogP contribution in [-0.4, -0.2) is 0 Å². The number of hydrogen-bond acceptors (Lipinski definition) is 2. The van der Waals surface area contributed by atoms with E-state index in [-0.39, 0.29) is 5.63 Å². The Hall–Kier alpha value is -1.31. The first kappa shape index (κ1) is 11.2. The lowest BCUT2D eigenvalue weighted by Crippen LogP contribution is -2.03. The van der Waals surface area contributed by atoms with Crippen molar-refractivity contribution < 1.29 is 4.42 Å². The Bertz CT molecular complexity index is 423. The molecule has 0 amide bonds. The molecular weight excluding hydrogens is 200 g/mol. The zero-order valence-electron chi connectivity index (χ0n) is 9.74. The first-order valence-corrected chi connectivity index (χ1v) is 6.04. The van der Waals surface area contributed by atoms with Gasteiger partial charge in [-0.25, -0.2) is 4.79 Å². The van der Waals surface area contributed by atoms with E-state index in [4.69, 9.17) is 4.42 Å². The number of allylic oxidation sites excluding steroid dienone is 1. The van der Waals surface area contributed by atoms with Gasteiger partial charge in [0.15, 0.2) is 0 Å².